The fraction of sp³-hybridized carbons (Fsp3) is 0.586. The van der Waals surface area contributed by atoms with E-state index in [0.29, 0.717) is 25.8 Å². The molecule has 2 aliphatic heterocycles. The lowest BCUT2D eigenvalue weighted by atomic mass is 9.58. The smallest absolute Gasteiger partial charge is 0.455 e. The molecule has 1 aromatic rings. The summed E-state index contributed by atoms with van der Waals surface area (Å²) in [6.07, 6.45) is 9.02. The average Bonchev–Trinajstić information content (AvgIpc) is 3.12. The van der Waals surface area contributed by atoms with Crippen LogP contribution in [0.25, 0.3) is 6.08 Å². The molecule has 2 saturated heterocycles. The highest BCUT2D eigenvalue weighted by Gasteiger charge is 2.58. The molecule has 37 heavy (non-hydrogen) atoms. The standard InChI is InChI=1S/C29H38BNO6/c1-18(13-19-7-6-10-22(32)14-19)11-12-25-26-20(17-36-2)15-23-27(24(26)16-30(35)37-25)29(34)31(28(23)33)21-8-4-3-5-9-21/h6-7,10,13-14,21,23-25,27,32,35H,3-5,8-9,11-12,15-17H2,1-2H3/b18-13+/t23-,24+,25-,27-/m1/s1. The lowest BCUT2D eigenvalue weighted by Crippen LogP contribution is -2.47. The number of ether oxygens (including phenoxy) is 1. The number of methoxy groups -OCH3 is 1. The van der Waals surface area contributed by atoms with Crippen molar-refractivity contribution in [3.8, 4) is 5.75 Å². The maximum Gasteiger partial charge on any atom is 0.455 e. The summed E-state index contributed by atoms with van der Waals surface area (Å²) in [6, 6.07) is 7.15. The van der Waals surface area contributed by atoms with Gasteiger partial charge in [-0.05, 0) is 80.1 Å². The molecule has 0 bridgehead atoms. The minimum Gasteiger partial charge on any atom is -0.508 e. The zero-order chi connectivity index (χ0) is 26.1. The molecule has 3 fully saturated rings. The molecule has 8 heteroatoms. The number of aromatic hydroxyl groups is 1. The largest absolute Gasteiger partial charge is 0.508 e. The van der Waals surface area contributed by atoms with Gasteiger partial charge in [-0.25, -0.2) is 0 Å². The van der Waals surface area contributed by atoms with Gasteiger partial charge in [0.1, 0.15) is 5.75 Å². The molecular formula is C29H38BNO6. The second-order valence-electron chi connectivity index (χ2n) is 11.2. The number of nitrogens with zero attached hydrogens (tertiary/aromatic N) is 1. The molecule has 0 spiro atoms. The number of rotatable bonds is 7. The molecule has 5 rings (SSSR count). The van der Waals surface area contributed by atoms with Crippen molar-refractivity contribution >= 4 is 25.0 Å². The number of phenols is 1. The Hall–Kier alpha value is -2.42. The van der Waals surface area contributed by atoms with Crippen LogP contribution < -0.4 is 0 Å². The molecule has 0 unspecified atom stereocenters. The van der Waals surface area contributed by atoms with E-state index in [-0.39, 0.29) is 41.5 Å². The Morgan fingerprint density at radius 2 is 1.97 bits per heavy atom. The number of imide groups is 1. The van der Waals surface area contributed by atoms with Gasteiger partial charge >= 0.3 is 7.12 Å². The Morgan fingerprint density at radius 3 is 2.70 bits per heavy atom. The van der Waals surface area contributed by atoms with Gasteiger partial charge in [0.15, 0.2) is 0 Å². The highest BCUT2D eigenvalue weighted by molar-refractivity contribution is 6.43. The van der Waals surface area contributed by atoms with Crippen molar-refractivity contribution in [1.82, 2.24) is 4.90 Å². The third-order valence-corrected chi connectivity index (χ3v) is 8.68. The number of likely N-dealkylation sites (tertiary alicyclic amines) is 1. The highest BCUT2D eigenvalue weighted by Crippen LogP contribution is 2.51. The van der Waals surface area contributed by atoms with Crippen LogP contribution in [0, 0.1) is 17.8 Å². The molecule has 0 aromatic heterocycles. The number of hydrogen-bond donors (Lipinski definition) is 2. The van der Waals surface area contributed by atoms with E-state index in [2.05, 4.69) is 0 Å². The number of hydrogen-bond acceptors (Lipinski definition) is 6. The molecule has 7 nitrogen and oxygen atoms in total. The SMILES string of the molecule is COCC1=C2[C@@H](CC/C(C)=C/c3cccc(O)c3)OB(O)C[C@@H]2[C@@H]2C(=O)N(C3CCCCC3)C(=O)[C@@H]2C1. The Labute approximate surface area is 219 Å². The van der Waals surface area contributed by atoms with Gasteiger partial charge in [0, 0.05) is 13.2 Å². The van der Waals surface area contributed by atoms with Crippen LogP contribution in [0.1, 0.15) is 63.9 Å². The predicted octanol–water partition coefficient (Wildman–Crippen LogP) is 4.35. The summed E-state index contributed by atoms with van der Waals surface area (Å²) >= 11 is 0. The van der Waals surface area contributed by atoms with Gasteiger partial charge in [0.2, 0.25) is 11.8 Å². The third kappa shape index (κ3) is 5.29. The monoisotopic (exact) mass is 507 g/mol. The maximum absolute atomic E-state index is 13.8. The summed E-state index contributed by atoms with van der Waals surface area (Å²) < 4.78 is 11.6. The molecule has 2 heterocycles. The van der Waals surface area contributed by atoms with E-state index in [0.717, 1.165) is 60.8 Å². The Bertz CT molecular complexity index is 1090. The first-order valence-electron chi connectivity index (χ1n) is 13.7. The van der Waals surface area contributed by atoms with E-state index in [9.17, 15) is 19.7 Å². The van der Waals surface area contributed by atoms with Crippen LogP contribution >= 0.6 is 0 Å². The third-order valence-electron chi connectivity index (χ3n) is 8.68. The van der Waals surface area contributed by atoms with E-state index in [1.807, 2.05) is 25.1 Å². The summed E-state index contributed by atoms with van der Waals surface area (Å²) in [5.41, 5.74) is 4.17. The Kier molecular flexibility index (Phi) is 7.89. The van der Waals surface area contributed by atoms with Gasteiger partial charge in [-0.15, -0.1) is 0 Å². The zero-order valence-electron chi connectivity index (χ0n) is 21.9. The first kappa shape index (κ1) is 26.2. The van der Waals surface area contributed by atoms with Crippen molar-refractivity contribution in [3.05, 3.63) is 46.5 Å². The van der Waals surface area contributed by atoms with E-state index in [1.165, 1.54) is 0 Å². The molecule has 4 atom stereocenters. The first-order valence-corrected chi connectivity index (χ1v) is 13.7. The Balaban J connectivity index is 1.40. The molecule has 1 aromatic carbocycles. The van der Waals surface area contributed by atoms with Crippen LogP contribution in [-0.2, 0) is 19.0 Å². The summed E-state index contributed by atoms with van der Waals surface area (Å²) in [4.78, 5) is 28.9. The number of benzene rings is 1. The van der Waals surface area contributed by atoms with Gasteiger partial charge in [-0.1, -0.05) is 43.0 Å². The highest BCUT2D eigenvalue weighted by atomic mass is 16.5. The second kappa shape index (κ2) is 11.1. The van der Waals surface area contributed by atoms with Gasteiger partial charge in [-0.2, -0.15) is 0 Å². The molecule has 0 radical (unpaired) electrons. The van der Waals surface area contributed by atoms with Crippen LogP contribution in [0.2, 0.25) is 6.32 Å². The summed E-state index contributed by atoms with van der Waals surface area (Å²) in [5, 5.41) is 20.5. The summed E-state index contributed by atoms with van der Waals surface area (Å²) in [5.74, 6) is -0.849. The number of amides is 2. The van der Waals surface area contributed by atoms with Crippen molar-refractivity contribution in [2.24, 2.45) is 17.8 Å². The topological polar surface area (TPSA) is 96.3 Å². The quantitative estimate of drug-likeness (QED) is 0.324. The van der Waals surface area contributed by atoms with Crippen LogP contribution in [-0.4, -0.2) is 59.8 Å². The van der Waals surface area contributed by atoms with Crippen LogP contribution in [0.4, 0.5) is 0 Å². The Morgan fingerprint density at radius 1 is 1.19 bits per heavy atom. The first-order chi connectivity index (χ1) is 17.9. The summed E-state index contributed by atoms with van der Waals surface area (Å²) in [6.45, 7) is 2.44. The molecule has 2 N–H and O–H groups in total. The molecule has 1 saturated carbocycles. The minimum atomic E-state index is -0.969. The second-order valence-corrected chi connectivity index (χ2v) is 11.2. The number of allylic oxidation sites excluding steroid dienone is 1. The van der Waals surface area contributed by atoms with Gasteiger partial charge in [-0.3, -0.25) is 14.5 Å². The maximum atomic E-state index is 13.8. The van der Waals surface area contributed by atoms with E-state index in [1.54, 1.807) is 24.1 Å². The predicted molar refractivity (Wildman–Crippen MR) is 141 cm³/mol. The zero-order valence-corrected chi connectivity index (χ0v) is 21.9. The molecule has 2 aliphatic carbocycles. The van der Waals surface area contributed by atoms with E-state index < -0.39 is 13.0 Å². The molecular weight excluding hydrogens is 469 g/mol. The van der Waals surface area contributed by atoms with Crippen molar-refractivity contribution in [3.63, 3.8) is 0 Å². The van der Waals surface area contributed by atoms with Crippen LogP contribution in [0.3, 0.4) is 0 Å². The van der Waals surface area contributed by atoms with Crippen molar-refractivity contribution in [1.29, 1.82) is 0 Å². The molecule has 4 aliphatic rings. The van der Waals surface area contributed by atoms with E-state index >= 15 is 0 Å². The number of carbonyl (C=O) groups excluding carboxylic acids is 2. The number of carbonyl (C=O) groups is 2. The van der Waals surface area contributed by atoms with E-state index in [4.69, 9.17) is 9.39 Å². The fourth-order valence-corrected chi connectivity index (χ4v) is 7.12. The average molecular weight is 507 g/mol. The normalized spacial score (nSPS) is 29.1. The van der Waals surface area contributed by atoms with Crippen molar-refractivity contribution in [2.45, 2.75) is 76.8 Å². The molecule has 2 amide bonds. The van der Waals surface area contributed by atoms with Gasteiger partial charge < -0.3 is 19.5 Å². The van der Waals surface area contributed by atoms with Crippen LogP contribution in [0.5, 0.6) is 5.75 Å². The fourth-order valence-electron chi connectivity index (χ4n) is 7.12. The van der Waals surface area contributed by atoms with Crippen LogP contribution in [0.15, 0.2) is 41.0 Å². The summed E-state index contributed by atoms with van der Waals surface area (Å²) in [7, 11) is 0.684. The van der Waals surface area contributed by atoms with Gasteiger partial charge in [0.05, 0.1) is 24.5 Å². The number of phenolic OH excluding ortho intramolecular Hbond substituents is 1. The molecule has 198 valence electrons. The minimum absolute atomic E-state index is 0.0134. The van der Waals surface area contributed by atoms with Crippen molar-refractivity contribution in [2.75, 3.05) is 13.7 Å². The lowest BCUT2D eigenvalue weighted by Gasteiger charge is -2.43. The van der Waals surface area contributed by atoms with Crippen molar-refractivity contribution < 1.29 is 29.1 Å². The lowest BCUT2D eigenvalue weighted by molar-refractivity contribution is -0.143. The van der Waals surface area contributed by atoms with Gasteiger partial charge in [0.25, 0.3) is 0 Å². The number of fused-ring (bicyclic) bond motifs is 3.